The molecule has 116 valence electrons. The van der Waals surface area contributed by atoms with E-state index >= 15 is 0 Å². The SMILES string of the molecule is CCCNc1ccc(Cl)c(C(=O)NC2CCC(C)C2C)n1. The third kappa shape index (κ3) is 3.88. The molecular formula is C16H24ClN3O. The predicted molar refractivity (Wildman–Crippen MR) is 86.8 cm³/mol. The minimum Gasteiger partial charge on any atom is -0.370 e. The molecule has 4 nitrogen and oxygen atoms in total. The molecule has 1 amide bonds. The van der Waals surface area contributed by atoms with Crippen molar-refractivity contribution in [2.45, 2.75) is 46.1 Å². The molecule has 2 N–H and O–H groups in total. The topological polar surface area (TPSA) is 54.0 Å². The summed E-state index contributed by atoms with van der Waals surface area (Å²) in [7, 11) is 0. The number of aromatic nitrogens is 1. The second-order valence-corrected chi connectivity index (χ2v) is 6.35. The number of amides is 1. The number of nitrogens with zero attached hydrogens (tertiary/aromatic N) is 1. The number of halogens is 1. The van der Waals surface area contributed by atoms with Crippen molar-refractivity contribution in [2.75, 3.05) is 11.9 Å². The smallest absolute Gasteiger partial charge is 0.271 e. The van der Waals surface area contributed by atoms with Gasteiger partial charge in [0.25, 0.3) is 5.91 Å². The summed E-state index contributed by atoms with van der Waals surface area (Å²) in [4.78, 5) is 16.8. The lowest BCUT2D eigenvalue weighted by Gasteiger charge is -2.19. The van der Waals surface area contributed by atoms with Crippen molar-refractivity contribution in [2.24, 2.45) is 11.8 Å². The van der Waals surface area contributed by atoms with Crippen molar-refractivity contribution in [1.29, 1.82) is 0 Å². The summed E-state index contributed by atoms with van der Waals surface area (Å²) in [5.74, 6) is 1.66. The van der Waals surface area contributed by atoms with E-state index < -0.39 is 0 Å². The molecule has 0 aliphatic heterocycles. The van der Waals surface area contributed by atoms with Crippen molar-refractivity contribution < 1.29 is 4.79 Å². The molecular weight excluding hydrogens is 286 g/mol. The van der Waals surface area contributed by atoms with Crippen LogP contribution < -0.4 is 10.6 Å². The Morgan fingerprint density at radius 3 is 2.76 bits per heavy atom. The standard InChI is InChI=1S/C16H24ClN3O/c1-4-9-18-14-8-6-12(17)15(20-14)16(21)19-13-7-5-10(2)11(13)3/h6,8,10-11,13H,4-5,7,9H2,1-3H3,(H,18,20)(H,19,21). The fourth-order valence-corrected chi connectivity index (χ4v) is 2.95. The van der Waals surface area contributed by atoms with Crippen LogP contribution in [-0.2, 0) is 0 Å². The summed E-state index contributed by atoms with van der Waals surface area (Å²) in [6.07, 6.45) is 3.19. The van der Waals surface area contributed by atoms with Gasteiger partial charge in [0.05, 0.1) is 5.02 Å². The highest BCUT2D eigenvalue weighted by atomic mass is 35.5. The Labute approximate surface area is 131 Å². The molecule has 21 heavy (non-hydrogen) atoms. The lowest BCUT2D eigenvalue weighted by molar-refractivity contribution is 0.0922. The lowest BCUT2D eigenvalue weighted by atomic mass is 9.98. The molecule has 3 unspecified atom stereocenters. The van der Waals surface area contributed by atoms with Crippen molar-refractivity contribution in [3.8, 4) is 0 Å². The molecule has 1 fully saturated rings. The number of hydrogen-bond donors (Lipinski definition) is 2. The fraction of sp³-hybridized carbons (Fsp3) is 0.625. The number of carbonyl (C=O) groups is 1. The first-order valence-electron chi connectivity index (χ1n) is 7.74. The van der Waals surface area contributed by atoms with Gasteiger partial charge in [-0.15, -0.1) is 0 Å². The highest BCUT2D eigenvalue weighted by molar-refractivity contribution is 6.33. The molecule has 0 bridgehead atoms. The van der Waals surface area contributed by atoms with Crippen LogP contribution in [0.3, 0.4) is 0 Å². The van der Waals surface area contributed by atoms with Gasteiger partial charge in [-0.1, -0.05) is 32.4 Å². The number of nitrogens with one attached hydrogen (secondary N) is 2. The third-order valence-electron chi connectivity index (χ3n) is 4.40. The lowest BCUT2D eigenvalue weighted by Crippen LogP contribution is -2.37. The summed E-state index contributed by atoms with van der Waals surface area (Å²) in [5.41, 5.74) is 0.310. The first-order chi connectivity index (χ1) is 10.0. The average molecular weight is 310 g/mol. The normalized spacial score (nSPS) is 24.9. The summed E-state index contributed by atoms with van der Waals surface area (Å²) < 4.78 is 0. The number of carbonyl (C=O) groups excluding carboxylic acids is 1. The Bertz CT molecular complexity index is 506. The molecule has 1 aromatic rings. The van der Waals surface area contributed by atoms with Crippen LogP contribution in [0.15, 0.2) is 12.1 Å². The van der Waals surface area contributed by atoms with Gasteiger partial charge in [-0.05, 0) is 43.2 Å². The molecule has 1 heterocycles. The van der Waals surface area contributed by atoms with Crippen LogP contribution in [0.2, 0.25) is 5.02 Å². The zero-order chi connectivity index (χ0) is 15.4. The second kappa shape index (κ2) is 7.12. The minimum absolute atomic E-state index is 0.175. The quantitative estimate of drug-likeness (QED) is 0.871. The van der Waals surface area contributed by atoms with Gasteiger partial charge in [-0.2, -0.15) is 0 Å². The molecule has 0 spiro atoms. The Kier molecular flexibility index (Phi) is 5.45. The van der Waals surface area contributed by atoms with Crippen molar-refractivity contribution >= 4 is 23.3 Å². The van der Waals surface area contributed by atoms with E-state index in [9.17, 15) is 4.79 Å². The van der Waals surface area contributed by atoms with Gasteiger partial charge in [0.1, 0.15) is 11.5 Å². The largest absolute Gasteiger partial charge is 0.370 e. The van der Waals surface area contributed by atoms with Crippen molar-refractivity contribution in [3.05, 3.63) is 22.8 Å². The van der Waals surface area contributed by atoms with Gasteiger partial charge in [-0.25, -0.2) is 4.98 Å². The van der Waals surface area contributed by atoms with Crippen LogP contribution in [0.25, 0.3) is 0 Å². The van der Waals surface area contributed by atoms with E-state index in [1.165, 1.54) is 0 Å². The van der Waals surface area contributed by atoms with Crippen LogP contribution in [-0.4, -0.2) is 23.5 Å². The van der Waals surface area contributed by atoms with Gasteiger partial charge in [0.15, 0.2) is 0 Å². The Balaban J connectivity index is 2.07. The van der Waals surface area contributed by atoms with E-state index in [0.717, 1.165) is 25.8 Å². The Morgan fingerprint density at radius 2 is 2.14 bits per heavy atom. The van der Waals surface area contributed by atoms with Gasteiger partial charge >= 0.3 is 0 Å². The van der Waals surface area contributed by atoms with Crippen LogP contribution in [0.5, 0.6) is 0 Å². The summed E-state index contributed by atoms with van der Waals surface area (Å²) in [6.45, 7) is 7.33. The molecule has 0 saturated heterocycles. The van der Waals surface area contributed by atoms with Gasteiger partial charge in [0, 0.05) is 12.6 Å². The summed E-state index contributed by atoms with van der Waals surface area (Å²) in [5, 5.41) is 6.66. The minimum atomic E-state index is -0.175. The Hall–Kier alpha value is -1.29. The molecule has 1 saturated carbocycles. The van der Waals surface area contributed by atoms with E-state index in [1.807, 2.05) is 0 Å². The zero-order valence-electron chi connectivity index (χ0n) is 12.9. The zero-order valence-corrected chi connectivity index (χ0v) is 13.7. The number of hydrogen-bond acceptors (Lipinski definition) is 3. The van der Waals surface area contributed by atoms with Crippen LogP contribution in [0.1, 0.15) is 50.5 Å². The van der Waals surface area contributed by atoms with E-state index in [1.54, 1.807) is 12.1 Å². The van der Waals surface area contributed by atoms with Crippen LogP contribution >= 0.6 is 11.6 Å². The first-order valence-corrected chi connectivity index (χ1v) is 8.12. The Morgan fingerprint density at radius 1 is 1.38 bits per heavy atom. The first kappa shape index (κ1) is 16.1. The molecule has 1 aliphatic carbocycles. The maximum absolute atomic E-state index is 12.4. The van der Waals surface area contributed by atoms with Gasteiger partial charge < -0.3 is 10.6 Å². The average Bonchev–Trinajstić information content (AvgIpc) is 2.78. The van der Waals surface area contributed by atoms with E-state index in [0.29, 0.717) is 28.4 Å². The van der Waals surface area contributed by atoms with Crippen LogP contribution in [0, 0.1) is 11.8 Å². The highest BCUT2D eigenvalue weighted by Crippen LogP contribution is 2.31. The molecule has 3 atom stereocenters. The third-order valence-corrected chi connectivity index (χ3v) is 4.70. The number of pyridine rings is 1. The maximum Gasteiger partial charge on any atom is 0.271 e. The molecule has 2 rings (SSSR count). The molecule has 0 aromatic carbocycles. The molecule has 5 heteroatoms. The number of rotatable bonds is 5. The molecule has 1 aromatic heterocycles. The van der Waals surface area contributed by atoms with E-state index in [4.69, 9.17) is 11.6 Å². The second-order valence-electron chi connectivity index (χ2n) is 5.95. The highest BCUT2D eigenvalue weighted by Gasteiger charge is 2.31. The maximum atomic E-state index is 12.4. The summed E-state index contributed by atoms with van der Waals surface area (Å²) >= 11 is 6.12. The number of anilines is 1. The monoisotopic (exact) mass is 309 g/mol. The molecule has 1 aliphatic rings. The van der Waals surface area contributed by atoms with E-state index in [-0.39, 0.29) is 11.9 Å². The fourth-order valence-electron chi connectivity index (χ4n) is 2.76. The summed E-state index contributed by atoms with van der Waals surface area (Å²) in [6, 6.07) is 3.75. The van der Waals surface area contributed by atoms with E-state index in [2.05, 4.69) is 36.4 Å². The van der Waals surface area contributed by atoms with Crippen LogP contribution in [0.4, 0.5) is 5.82 Å². The van der Waals surface area contributed by atoms with Gasteiger partial charge in [0.2, 0.25) is 0 Å². The predicted octanol–water partition coefficient (Wildman–Crippen LogP) is 3.72. The molecule has 0 radical (unpaired) electrons. The van der Waals surface area contributed by atoms with Gasteiger partial charge in [-0.3, -0.25) is 4.79 Å². The van der Waals surface area contributed by atoms with Crippen molar-refractivity contribution in [1.82, 2.24) is 10.3 Å². The van der Waals surface area contributed by atoms with Crippen molar-refractivity contribution in [3.63, 3.8) is 0 Å².